The number of hydrogen-bond acceptors (Lipinski definition) is 4. The normalized spacial score (nSPS) is 17.0. The summed E-state index contributed by atoms with van der Waals surface area (Å²) < 4.78 is 0. The van der Waals surface area contributed by atoms with Crippen molar-refractivity contribution in [2.75, 3.05) is 25.0 Å². The molecule has 1 atom stereocenters. The maximum Gasteiger partial charge on any atom is 0.219 e. The van der Waals surface area contributed by atoms with Gasteiger partial charge in [-0.05, 0) is 60.1 Å². The molecule has 2 aromatic rings. The van der Waals surface area contributed by atoms with Gasteiger partial charge in [0.25, 0.3) is 0 Å². The summed E-state index contributed by atoms with van der Waals surface area (Å²) in [5, 5.41) is 25.8. The minimum atomic E-state index is -0.469. The van der Waals surface area contributed by atoms with Gasteiger partial charge in [-0.3, -0.25) is 10.2 Å². The van der Waals surface area contributed by atoms with E-state index in [2.05, 4.69) is 10.6 Å². The molecule has 0 spiro atoms. The fourth-order valence-corrected chi connectivity index (χ4v) is 4.20. The average molecular weight is 447 g/mol. The number of anilines is 1. The van der Waals surface area contributed by atoms with Crippen LogP contribution < -0.4 is 10.6 Å². The van der Waals surface area contributed by atoms with Crippen LogP contribution in [0.2, 0.25) is 0 Å². The second-order valence-corrected chi connectivity index (χ2v) is 9.10. The average Bonchev–Trinajstić information content (AvgIpc) is 3.67. The number of aliphatic hydroxyl groups is 1. The first kappa shape index (κ1) is 23.1. The molecular formula is C27H34N4O2. The Balaban J connectivity index is 1.53. The Bertz CT molecular complexity index is 1060. The van der Waals surface area contributed by atoms with Gasteiger partial charge in [-0.2, -0.15) is 0 Å². The number of amidine groups is 1. The van der Waals surface area contributed by atoms with Crippen LogP contribution in [0.3, 0.4) is 0 Å². The van der Waals surface area contributed by atoms with Gasteiger partial charge in [-0.1, -0.05) is 37.3 Å². The van der Waals surface area contributed by atoms with Crippen molar-refractivity contribution in [3.05, 3.63) is 65.4 Å². The van der Waals surface area contributed by atoms with E-state index >= 15 is 0 Å². The highest BCUT2D eigenvalue weighted by molar-refractivity contribution is 6.07. The minimum absolute atomic E-state index is 0.0395. The van der Waals surface area contributed by atoms with Gasteiger partial charge >= 0.3 is 0 Å². The van der Waals surface area contributed by atoms with Gasteiger partial charge in [-0.15, -0.1) is 0 Å². The van der Waals surface area contributed by atoms with Crippen molar-refractivity contribution in [1.29, 1.82) is 5.41 Å². The Morgan fingerprint density at radius 2 is 1.91 bits per heavy atom. The fourth-order valence-electron chi connectivity index (χ4n) is 4.20. The topological polar surface area (TPSA) is 88.4 Å². The quantitative estimate of drug-likeness (QED) is 0.350. The molecule has 2 aliphatic rings. The summed E-state index contributed by atoms with van der Waals surface area (Å²) in [6.07, 6.45) is 3.50. The van der Waals surface area contributed by atoms with Crippen LogP contribution in [0.15, 0.2) is 59.8 Å². The second-order valence-electron chi connectivity index (χ2n) is 9.10. The van der Waals surface area contributed by atoms with Crippen molar-refractivity contribution < 1.29 is 9.90 Å². The molecule has 4 rings (SSSR count). The number of aliphatic hydroxyl groups excluding tert-OH is 1. The van der Waals surface area contributed by atoms with E-state index in [1.807, 2.05) is 55.5 Å². The first-order valence-electron chi connectivity index (χ1n) is 11.9. The third-order valence-electron chi connectivity index (χ3n) is 6.52. The Morgan fingerprint density at radius 3 is 2.61 bits per heavy atom. The third kappa shape index (κ3) is 5.82. The minimum Gasteiger partial charge on any atom is -0.388 e. The van der Waals surface area contributed by atoms with E-state index < -0.39 is 6.10 Å². The molecule has 174 valence electrons. The molecule has 1 amide bonds. The first-order valence-corrected chi connectivity index (χ1v) is 11.9. The molecule has 0 radical (unpaired) electrons. The van der Waals surface area contributed by atoms with Crippen molar-refractivity contribution in [3.63, 3.8) is 0 Å². The lowest BCUT2D eigenvalue weighted by Gasteiger charge is -2.31. The van der Waals surface area contributed by atoms with Crippen molar-refractivity contribution in [2.45, 2.75) is 45.6 Å². The van der Waals surface area contributed by atoms with Crippen LogP contribution in [0.1, 0.15) is 51.2 Å². The number of rotatable bonds is 8. The number of nitrogens with zero attached hydrogens (tertiary/aromatic N) is 1. The summed E-state index contributed by atoms with van der Waals surface area (Å²) in [7, 11) is 0. The van der Waals surface area contributed by atoms with E-state index in [1.165, 1.54) is 12.8 Å². The zero-order valence-electron chi connectivity index (χ0n) is 19.5. The van der Waals surface area contributed by atoms with Crippen LogP contribution in [-0.2, 0) is 4.79 Å². The van der Waals surface area contributed by atoms with Crippen LogP contribution in [0.5, 0.6) is 0 Å². The molecule has 1 fully saturated rings. The molecular weight excluding hydrogens is 412 g/mol. The molecule has 1 saturated carbocycles. The molecule has 0 saturated heterocycles. The third-order valence-corrected chi connectivity index (χ3v) is 6.52. The van der Waals surface area contributed by atoms with Crippen LogP contribution in [-0.4, -0.2) is 41.4 Å². The van der Waals surface area contributed by atoms with Gasteiger partial charge in [0.15, 0.2) is 0 Å². The maximum atomic E-state index is 12.0. The zero-order chi connectivity index (χ0) is 23.4. The van der Waals surface area contributed by atoms with E-state index in [9.17, 15) is 9.90 Å². The number of nitrogens with one attached hydrogen (secondary N) is 3. The van der Waals surface area contributed by atoms with Crippen molar-refractivity contribution in [1.82, 2.24) is 10.2 Å². The highest BCUT2D eigenvalue weighted by Gasteiger charge is 2.26. The smallest absolute Gasteiger partial charge is 0.219 e. The summed E-state index contributed by atoms with van der Waals surface area (Å²) >= 11 is 0. The number of carbonyl (C=O) groups excluding carboxylic acids is 1. The molecule has 1 unspecified atom stereocenters. The van der Waals surface area contributed by atoms with Crippen molar-refractivity contribution >= 4 is 17.4 Å². The Hall–Kier alpha value is -3.12. The summed E-state index contributed by atoms with van der Waals surface area (Å²) in [5.74, 6) is 1.11. The molecule has 0 bridgehead atoms. The Kier molecular flexibility index (Phi) is 7.14. The number of carbonyl (C=O) groups is 1. The molecule has 0 aromatic heterocycles. The maximum absolute atomic E-state index is 12.0. The molecule has 2 aromatic carbocycles. The van der Waals surface area contributed by atoms with Gasteiger partial charge in [-0.25, -0.2) is 0 Å². The van der Waals surface area contributed by atoms with Gasteiger partial charge in [0, 0.05) is 43.4 Å². The summed E-state index contributed by atoms with van der Waals surface area (Å²) in [6.45, 7) is 5.64. The van der Waals surface area contributed by atoms with E-state index in [1.54, 1.807) is 11.8 Å². The lowest BCUT2D eigenvalue weighted by molar-refractivity contribution is -0.128. The van der Waals surface area contributed by atoms with Crippen molar-refractivity contribution in [2.24, 2.45) is 5.92 Å². The lowest BCUT2D eigenvalue weighted by Crippen LogP contribution is -2.41. The Morgan fingerprint density at radius 1 is 1.18 bits per heavy atom. The van der Waals surface area contributed by atoms with Gasteiger partial charge in [0.05, 0.1) is 12.6 Å². The van der Waals surface area contributed by atoms with Gasteiger partial charge in [0.2, 0.25) is 5.91 Å². The van der Waals surface area contributed by atoms with Crippen LogP contribution >= 0.6 is 0 Å². The van der Waals surface area contributed by atoms with Crippen LogP contribution in [0.25, 0.3) is 11.1 Å². The molecule has 6 nitrogen and oxygen atoms in total. The summed E-state index contributed by atoms with van der Waals surface area (Å²) in [5.41, 5.74) is 5.72. The molecule has 4 N–H and O–H groups in total. The predicted molar refractivity (Wildman–Crippen MR) is 133 cm³/mol. The van der Waals surface area contributed by atoms with E-state index in [0.29, 0.717) is 25.3 Å². The zero-order valence-corrected chi connectivity index (χ0v) is 19.5. The Labute approximate surface area is 196 Å². The van der Waals surface area contributed by atoms with Gasteiger partial charge in [0.1, 0.15) is 5.84 Å². The molecule has 6 heteroatoms. The molecule has 1 heterocycles. The lowest BCUT2D eigenvalue weighted by atomic mass is 9.99. The first-order chi connectivity index (χ1) is 15.9. The predicted octanol–water partition coefficient (Wildman–Crippen LogP) is 4.69. The van der Waals surface area contributed by atoms with E-state index in [0.717, 1.165) is 52.5 Å². The second kappa shape index (κ2) is 10.2. The van der Waals surface area contributed by atoms with Crippen LogP contribution in [0, 0.1) is 11.3 Å². The monoisotopic (exact) mass is 446 g/mol. The molecule has 1 aliphatic heterocycles. The highest BCUT2D eigenvalue weighted by atomic mass is 16.3. The number of hydrogen-bond donors (Lipinski definition) is 4. The number of benzene rings is 2. The largest absolute Gasteiger partial charge is 0.388 e. The molecule has 1 aliphatic carbocycles. The molecule has 33 heavy (non-hydrogen) atoms. The highest BCUT2D eigenvalue weighted by Crippen LogP contribution is 2.29. The standard InChI is InChI=1S/C27H34N4O2/c1-3-26(33)22-8-4-6-20(14-22)21-7-5-9-23(15-21)30-27(28)24-17-31(18(2)32)13-12-25(24)29-16-19-10-11-19/h4-9,14-15,19,26,29,33H,3,10-13,16-17H2,1-2H3,(H2,28,30). The van der Waals surface area contributed by atoms with E-state index in [4.69, 9.17) is 5.41 Å². The van der Waals surface area contributed by atoms with Crippen molar-refractivity contribution in [3.8, 4) is 11.1 Å². The van der Waals surface area contributed by atoms with Gasteiger partial charge < -0.3 is 20.6 Å². The van der Waals surface area contributed by atoms with Crippen LogP contribution in [0.4, 0.5) is 5.69 Å². The summed E-state index contributed by atoms with van der Waals surface area (Å²) in [4.78, 5) is 13.8. The SMILES string of the molecule is CCC(O)c1cccc(-c2cccc(NC(=N)C3=C(NCC4CC4)CCN(C(C)=O)C3)c2)c1. The summed E-state index contributed by atoms with van der Waals surface area (Å²) in [6, 6.07) is 15.9. The fraction of sp³-hybridized carbons (Fsp3) is 0.407. The number of amides is 1. The van der Waals surface area contributed by atoms with E-state index in [-0.39, 0.29) is 5.91 Å².